The van der Waals surface area contributed by atoms with Crippen molar-refractivity contribution in [2.75, 3.05) is 44.3 Å². The number of ether oxygens (including phenoxy) is 3. The van der Waals surface area contributed by atoms with Crippen molar-refractivity contribution < 1.29 is 23.4 Å². The van der Waals surface area contributed by atoms with Crippen LogP contribution in [0.2, 0.25) is 42.3 Å². The van der Waals surface area contributed by atoms with Crippen LogP contribution in [0.15, 0.2) is 41.8 Å². The Hall–Kier alpha value is -4.45. The van der Waals surface area contributed by atoms with Gasteiger partial charge in [0.05, 0.1) is 51.4 Å². The van der Waals surface area contributed by atoms with Crippen LogP contribution < -0.4 is 9.64 Å². The van der Waals surface area contributed by atoms with E-state index in [0.29, 0.717) is 68.6 Å². The summed E-state index contributed by atoms with van der Waals surface area (Å²) >= 11 is 3.34. The van der Waals surface area contributed by atoms with Crippen LogP contribution in [0.25, 0.3) is 52.5 Å². The molecule has 4 aliphatic rings. The third-order valence-corrected chi connectivity index (χ3v) is 26.2. The Balaban J connectivity index is 1.14. The second-order valence-electron chi connectivity index (χ2n) is 24.2. The van der Waals surface area contributed by atoms with Crippen LogP contribution in [0.4, 0.5) is 15.0 Å². The number of benzene rings is 1. The molecule has 10 rings (SSSR count). The van der Waals surface area contributed by atoms with Crippen molar-refractivity contribution in [1.29, 1.82) is 0 Å². The average molecular weight is 1050 g/mol. The fraction of sp³-hybridized carbons (Fsp3) is 0.582. The number of carbonyl (C=O) groups excluding carboxylic acids is 1. The number of anilines is 1. The van der Waals surface area contributed by atoms with Gasteiger partial charge >= 0.3 is 12.1 Å². The van der Waals surface area contributed by atoms with E-state index in [1.54, 1.807) is 22.7 Å². The van der Waals surface area contributed by atoms with Gasteiger partial charge in [-0.1, -0.05) is 67.1 Å². The quantitative estimate of drug-likeness (QED) is 0.0630. The predicted octanol–water partition coefficient (Wildman–Crippen LogP) is 13.4. The molecule has 2 bridgehead atoms. The van der Waals surface area contributed by atoms with Crippen molar-refractivity contribution >= 4 is 92.0 Å². The fourth-order valence-corrected chi connectivity index (χ4v) is 20.7. The summed E-state index contributed by atoms with van der Waals surface area (Å²) in [5, 5.41) is 11.3. The zero-order valence-electron chi connectivity index (χ0n) is 44.4. The molecule has 4 saturated heterocycles. The molecule has 9 heterocycles. The number of thiophene rings is 2. The van der Waals surface area contributed by atoms with E-state index in [1.165, 1.54) is 0 Å². The molecule has 12 nitrogen and oxygen atoms in total. The monoisotopic (exact) mass is 1050 g/mol. The van der Waals surface area contributed by atoms with Gasteiger partial charge in [0.15, 0.2) is 0 Å². The first-order valence-corrected chi connectivity index (χ1v) is 33.9. The number of hydrogen-bond acceptors (Lipinski definition) is 12. The van der Waals surface area contributed by atoms with Crippen molar-refractivity contribution in [2.45, 2.75) is 167 Å². The molecule has 0 spiro atoms. The van der Waals surface area contributed by atoms with Gasteiger partial charge in [-0.3, -0.25) is 14.8 Å². The van der Waals surface area contributed by atoms with Crippen molar-refractivity contribution in [3.05, 3.63) is 47.4 Å². The molecule has 0 unspecified atom stereocenters. The molecule has 0 aliphatic carbocycles. The van der Waals surface area contributed by atoms with Gasteiger partial charge in [-0.25, -0.2) is 13.9 Å². The number of nitrogens with zero attached hydrogens (tertiary/aromatic N) is 8. The number of fused-ring (bicyclic) bond motifs is 8. The average Bonchev–Trinajstić information content (AvgIpc) is 4.17. The summed E-state index contributed by atoms with van der Waals surface area (Å²) in [7, 11) is -3.37. The predicted molar refractivity (Wildman–Crippen MR) is 299 cm³/mol. The molecule has 4 fully saturated rings. The highest BCUT2D eigenvalue weighted by Crippen LogP contribution is 2.49. The van der Waals surface area contributed by atoms with Gasteiger partial charge in [0.2, 0.25) is 0 Å². The Morgan fingerprint density at radius 1 is 1.03 bits per heavy atom. The number of pyridine rings is 1. The highest BCUT2D eigenvalue weighted by atomic mass is 32.1. The van der Waals surface area contributed by atoms with Gasteiger partial charge in [0.1, 0.15) is 37.7 Å². The third-order valence-electron chi connectivity index (χ3n) is 16.1. The maximum Gasteiger partial charge on any atom is 0.410 e. The molecule has 5 aromatic heterocycles. The van der Waals surface area contributed by atoms with Crippen molar-refractivity contribution in [3.8, 4) is 28.7 Å². The van der Waals surface area contributed by atoms with E-state index in [-0.39, 0.29) is 23.7 Å². The number of carbonyl (C=O) groups is 1. The summed E-state index contributed by atoms with van der Waals surface area (Å²) in [6, 6.07) is 5.69. The maximum absolute atomic E-state index is 14.0. The lowest BCUT2D eigenvalue weighted by atomic mass is 9.94. The Morgan fingerprint density at radius 2 is 1.76 bits per heavy atom. The molecule has 0 N–H and O–H groups in total. The third kappa shape index (κ3) is 9.28. The molecule has 0 radical (unpaired) electrons. The highest BCUT2D eigenvalue weighted by Gasteiger charge is 2.48. The smallest absolute Gasteiger partial charge is 0.410 e. The molecular weight excluding hydrogens is 976 g/mol. The Kier molecular flexibility index (Phi) is 13.7. The minimum Gasteiger partial charge on any atom is -0.461 e. The van der Waals surface area contributed by atoms with Crippen molar-refractivity contribution in [3.63, 3.8) is 0 Å². The van der Waals surface area contributed by atoms with Crippen molar-refractivity contribution in [2.24, 2.45) is 0 Å². The molecule has 3 atom stereocenters. The Morgan fingerprint density at radius 3 is 2.44 bits per heavy atom. The second-order valence-corrected chi connectivity index (χ2v) is 37.3. The van der Waals surface area contributed by atoms with Gasteiger partial charge < -0.3 is 19.1 Å². The minimum atomic E-state index is -2.08. The summed E-state index contributed by atoms with van der Waals surface area (Å²) in [6.45, 7) is 31.2. The van der Waals surface area contributed by atoms with Crippen LogP contribution in [-0.2, 0) is 16.2 Å². The molecule has 4 aliphatic heterocycles. The van der Waals surface area contributed by atoms with Gasteiger partial charge in [-0.15, -0.1) is 28.2 Å². The first kappa shape index (κ1) is 51.1. The van der Waals surface area contributed by atoms with Crippen LogP contribution in [-0.4, -0.2) is 119 Å². The largest absolute Gasteiger partial charge is 0.461 e. The number of aromatic nitrogens is 5. The van der Waals surface area contributed by atoms with Crippen LogP contribution in [0, 0.1) is 11.5 Å². The van der Waals surface area contributed by atoms with Crippen LogP contribution in [0.5, 0.6) is 6.01 Å². The molecule has 1 amide bonds. The molecule has 0 saturated carbocycles. The standard InChI is InChI=1S/C55H73FN8O4S2Si2/c1-34(2)72(35(3)4,36(5)6)22-17-38-31-69-44-24-43-42(27-58-63(43)33-66-21-23-71(10,11)12)46(45(38)44)48-49-41(16-19-57-48)47-50(61-29-39-14-15-40(30-61)64(39)53(65)68-54(7,8)9)59-52(60-51(47)70-49)67-32-55-18-13-20-62(55)28-37(25-55)26-56/h16,19,24,26-27,31,34-36,39-40H,13-15,18,20-21,23,25,28-30,32-33H2,1-12H3/b37-26-/t39-,40+,55-/m0/s1. The van der Waals surface area contributed by atoms with Crippen LogP contribution in [0.3, 0.4) is 0 Å². The summed E-state index contributed by atoms with van der Waals surface area (Å²) in [6.07, 6.45) is 8.81. The Labute approximate surface area is 434 Å². The molecule has 1 aromatic carbocycles. The van der Waals surface area contributed by atoms with E-state index in [4.69, 9.17) is 34.3 Å². The van der Waals surface area contributed by atoms with Crippen LogP contribution in [0.1, 0.15) is 100.0 Å². The van der Waals surface area contributed by atoms with E-state index in [2.05, 4.69) is 100.0 Å². The van der Waals surface area contributed by atoms with E-state index in [9.17, 15) is 9.18 Å². The number of piperazine rings is 1. The van der Waals surface area contributed by atoms with E-state index in [1.807, 2.05) is 42.7 Å². The molecule has 17 heteroatoms. The number of rotatable bonds is 13. The first-order chi connectivity index (χ1) is 34.2. The molecule has 72 heavy (non-hydrogen) atoms. The lowest BCUT2D eigenvalue weighted by Gasteiger charge is -2.42. The van der Waals surface area contributed by atoms with Gasteiger partial charge in [0, 0.05) is 77.9 Å². The lowest BCUT2D eigenvalue weighted by Crippen LogP contribution is -2.57. The van der Waals surface area contributed by atoms with Crippen molar-refractivity contribution in [1.82, 2.24) is 34.5 Å². The lowest BCUT2D eigenvalue weighted by molar-refractivity contribution is 0.0122. The van der Waals surface area contributed by atoms with Crippen LogP contribution >= 0.6 is 22.7 Å². The number of hydrogen-bond donors (Lipinski definition) is 0. The van der Waals surface area contributed by atoms with E-state index >= 15 is 0 Å². The van der Waals surface area contributed by atoms with E-state index < -0.39 is 21.7 Å². The summed E-state index contributed by atoms with van der Waals surface area (Å²) in [5.74, 6) is 4.65. The normalized spacial score (nSPS) is 21.5. The first-order valence-electron chi connectivity index (χ1n) is 26.2. The fourth-order valence-electron chi connectivity index (χ4n) is 12.7. The zero-order chi connectivity index (χ0) is 51.1. The summed E-state index contributed by atoms with van der Waals surface area (Å²) in [5.41, 5.74) is 9.34. The molecule has 6 aromatic rings. The van der Waals surface area contributed by atoms with E-state index in [0.717, 1.165) is 114 Å². The number of halogens is 1. The summed E-state index contributed by atoms with van der Waals surface area (Å²) in [4.78, 5) is 37.1. The highest BCUT2D eigenvalue weighted by molar-refractivity contribution is 7.26. The SMILES string of the molecule is CC(C)[Si](C#Cc1csc2cc3c(cnn3COCC[Si](C)(C)C)c(-c3nccc4c3sc3nc(OC[C@@]56CCCN5C/C(=C\F)C6)nc(N5C[C@H]6CC[C@@H](C5)N6C(=O)OC(C)(C)C)c34)c12)(C(C)C)C(C)C. The molecule has 384 valence electrons. The number of amides is 1. The Bertz CT molecular complexity index is 3110. The second kappa shape index (κ2) is 19.4. The zero-order valence-corrected chi connectivity index (χ0v) is 48.1. The van der Waals surface area contributed by atoms with Gasteiger partial charge in [0.25, 0.3) is 0 Å². The minimum absolute atomic E-state index is 0.0330. The van der Waals surface area contributed by atoms with Gasteiger partial charge in [-0.2, -0.15) is 15.1 Å². The molecular formula is C55H73FN8O4S2Si2. The van der Waals surface area contributed by atoms with Gasteiger partial charge in [-0.05, 0) is 99.8 Å². The maximum atomic E-state index is 14.0. The topological polar surface area (TPSA) is 111 Å². The summed E-state index contributed by atoms with van der Waals surface area (Å²) < 4.78 is 37.1.